The van der Waals surface area contributed by atoms with Crippen LogP contribution in [-0.4, -0.2) is 11.6 Å². The molecule has 0 N–H and O–H groups in total. The van der Waals surface area contributed by atoms with E-state index in [1.54, 1.807) is 13.8 Å². The predicted octanol–water partition coefficient (Wildman–Crippen LogP) is 3.86. The van der Waals surface area contributed by atoms with Gasteiger partial charge < -0.3 is 0 Å². The molecule has 3 rings (SSSR count). The fraction of sp³-hybridized carbons (Fsp3) is 0.200. The quantitative estimate of drug-likeness (QED) is 0.804. The Kier molecular flexibility index (Phi) is 3.53. The van der Waals surface area contributed by atoms with E-state index >= 15 is 0 Å². The number of allylic oxidation sites excluding steroid dienone is 2. The molecule has 22 heavy (non-hydrogen) atoms. The van der Waals surface area contributed by atoms with Crippen LogP contribution in [0.3, 0.4) is 0 Å². The van der Waals surface area contributed by atoms with E-state index in [9.17, 15) is 9.59 Å². The van der Waals surface area contributed by atoms with Gasteiger partial charge in [0.25, 0.3) is 0 Å². The van der Waals surface area contributed by atoms with Crippen molar-refractivity contribution < 1.29 is 9.59 Å². The second kappa shape index (κ2) is 5.38. The van der Waals surface area contributed by atoms with Crippen molar-refractivity contribution in [3.8, 4) is 0 Å². The topological polar surface area (TPSA) is 34.1 Å². The molecule has 0 radical (unpaired) electrons. The maximum Gasteiger partial charge on any atom is 0.177 e. The Labute approximate surface area is 130 Å². The van der Waals surface area contributed by atoms with Crippen LogP contribution in [0.5, 0.6) is 0 Å². The van der Waals surface area contributed by atoms with Gasteiger partial charge in [-0.1, -0.05) is 60.7 Å². The molecule has 2 heteroatoms. The second-order valence-electron chi connectivity index (χ2n) is 6.02. The van der Waals surface area contributed by atoms with Crippen molar-refractivity contribution in [3.05, 3.63) is 77.4 Å². The van der Waals surface area contributed by atoms with E-state index < -0.39 is 5.41 Å². The Morgan fingerprint density at radius 1 is 0.818 bits per heavy atom. The van der Waals surface area contributed by atoms with Crippen LogP contribution in [0.4, 0.5) is 0 Å². The lowest BCUT2D eigenvalue weighted by atomic mass is 9.78. The molecule has 0 unspecified atom stereocenters. The van der Waals surface area contributed by atoms with Crippen LogP contribution < -0.4 is 0 Å². The third kappa shape index (κ3) is 2.21. The van der Waals surface area contributed by atoms with E-state index in [0.717, 1.165) is 11.1 Å². The highest BCUT2D eigenvalue weighted by Gasteiger charge is 2.49. The lowest BCUT2D eigenvalue weighted by Crippen LogP contribution is -2.34. The normalized spacial score (nSPS) is 21.5. The van der Waals surface area contributed by atoms with Gasteiger partial charge in [0.15, 0.2) is 11.6 Å². The maximum absolute atomic E-state index is 13.0. The summed E-state index contributed by atoms with van der Waals surface area (Å²) in [6, 6.07) is 19.2. The van der Waals surface area contributed by atoms with Crippen molar-refractivity contribution in [2.45, 2.75) is 20.3 Å². The van der Waals surface area contributed by atoms with E-state index in [1.165, 1.54) is 0 Å². The number of ketones is 2. The fourth-order valence-electron chi connectivity index (χ4n) is 3.19. The monoisotopic (exact) mass is 290 g/mol. The van der Waals surface area contributed by atoms with E-state index in [4.69, 9.17) is 0 Å². The first-order chi connectivity index (χ1) is 10.5. The fourth-order valence-corrected chi connectivity index (χ4v) is 3.19. The van der Waals surface area contributed by atoms with Gasteiger partial charge in [-0.05, 0) is 31.4 Å². The van der Waals surface area contributed by atoms with Crippen LogP contribution in [0.15, 0.2) is 66.2 Å². The minimum Gasteiger partial charge on any atom is -0.293 e. The smallest absolute Gasteiger partial charge is 0.177 e. The number of hydrogen-bond acceptors (Lipinski definition) is 2. The molecule has 0 aliphatic heterocycles. The van der Waals surface area contributed by atoms with Crippen LogP contribution in [0.1, 0.15) is 25.0 Å². The molecule has 0 aromatic heterocycles. The zero-order valence-corrected chi connectivity index (χ0v) is 12.8. The standard InChI is InChI=1S/C20H18O2/c1-14-17(16-11-7-4-8-12-16)19(22)20(2,18(14)21)13-15-9-5-3-6-10-15/h3-12H,13H2,1-2H3/t20-/m0/s1. The molecule has 0 amide bonds. The summed E-state index contributed by atoms with van der Waals surface area (Å²) in [6.07, 6.45) is 0.444. The van der Waals surface area contributed by atoms with Crippen LogP contribution in [-0.2, 0) is 16.0 Å². The van der Waals surface area contributed by atoms with Gasteiger partial charge in [0.1, 0.15) is 0 Å². The molecule has 0 spiro atoms. The zero-order chi connectivity index (χ0) is 15.7. The largest absolute Gasteiger partial charge is 0.293 e. The van der Waals surface area contributed by atoms with E-state index in [0.29, 0.717) is 17.6 Å². The van der Waals surface area contributed by atoms with E-state index in [-0.39, 0.29) is 11.6 Å². The summed E-state index contributed by atoms with van der Waals surface area (Å²) < 4.78 is 0. The SMILES string of the molecule is CC1=C(c2ccccc2)C(=O)[C@@](C)(Cc2ccccc2)C1=O. The summed E-state index contributed by atoms with van der Waals surface area (Å²) in [5, 5.41) is 0. The summed E-state index contributed by atoms with van der Waals surface area (Å²) in [6.45, 7) is 3.53. The van der Waals surface area contributed by atoms with Gasteiger partial charge in [0.2, 0.25) is 0 Å². The number of rotatable bonds is 3. The maximum atomic E-state index is 13.0. The zero-order valence-electron chi connectivity index (χ0n) is 12.8. The number of benzene rings is 2. The molecule has 0 heterocycles. The van der Waals surface area contributed by atoms with Crippen molar-refractivity contribution in [2.75, 3.05) is 0 Å². The third-order valence-corrected chi connectivity index (χ3v) is 4.41. The summed E-state index contributed by atoms with van der Waals surface area (Å²) in [4.78, 5) is 25.7. The Balaban J connectivity index is 2.01. The molecule has 2 nitrogen and oxygen atoms in total. The Bertz CT molecular complexity index is 757. The van der Waals surface area contributed by atoms with Gasteiger partial charge in [-0.15, -0.1) is 0 Å². The molecule has 0 saturated heterocycles. The van der Waals surface area contributed by atoms with Crippen molar-refractivity contribution in [1.29, 1.82) is 0 Å². The van der Waals surface area contributed by atoms with E-state index in [2.05, 4.69) is 0 Å². The molecular formula is C20H18O2. The number of Topliss-reactive ketones (excluding diaryl/α,β-unsaturated/α-hetero) is 2. The van der Waals surface area contributed by atoms with Gasteiger partial charge in [0, 0.05) is 11.1 Å². The molecule has 1 aliphatic rings. The van der Waals surface area contributed by atoms with Crippen LogP contribution in [0.25, 0.3) is 5.57 Å². The lowest BCUT2D eigenvalue weighted by molar-refractivity contribution is -0.132. The average molecular weight is 290 g/mol. The number of carbonyl (C=O) groups excluding carboxylic acids is 2. The van der Waals surface area contributed by atoms with Crippen molar-refractivity contribution >= 4 is 17.1 Å². The molecule has 0 fully saturated rings. The summed E-state index contributed by atoms with van der Waals surface area (Å²) >= 11 is 0. The minimum absolute atomic E-state index is 0.0554. The second-order valence-corrected chi connectivity index (χ2v) is 6.02. The average Bonchev–Trinajstić information content (AvgIpc) is 2.70. The molecule has 1 aliphatic carbocycles. The Morgan fingerprint density at radius 3 is 1.95 bits per heavy atom. The van der Waals surface area contributed by atoms with Crippen molar-refractivity contribution in [3.63, 3.8) is 0 Å². The number of hydrogen-bond donors (Lipinski definition) is 0. The van der Waals surface area contributed by atoms with Crippen molar-refractivity contribution in [2.24, 2.45) is 5.41 Å². The third-order valence-electron chi connectivity index (χ3n) is 4.41. The highest BCUT2D eigenvalue weighted by molar-refractivity contribution is 6.41. The predicted molar refractivity (Wildman–Crippen MR) is 87.3 cm³/mol. The molecule has 0 bridgehead atoms. The van der Waals surface area contributed by atoms with Crippen LogP contribution in [0.2, 0.25) is 0 Å². The van der Waals surface area contributed by atoms with Gasteiger partial charge >= 0.3 is 0 Å². The summed E-state index contributed by atoms with van der Waals surface area (Å²) in [5.41, 5.74) is 2.00. The molecule has 2 aromatic carbocycles. The van der Waals surface area contributed by atoms with E-state index in [1.807, 2.05) is 60.7 Å². The van der Waals surface area contributed by atoms with Crippen LogP contribution >= 0.6 is 0 Å². The Hall–Kier alpha value is -2.48. The highest BCUT2D eigenvalue weighted by Crippen LogP contribution is 2.42. The van der Waals surface area contributed by atoms with Gasteiger partial charge in [-0.3, -0.25) is 9.59 Å². The molecule has 0 saturated carbocycles. The molecule has 1 atom stereocenters. The number of carbonyl (C=O) groups is 2. The first-order valence-corrected chi connectivity index (χ1v) is 7.44. The molecule has 2 aromatic rings. The molecular weight excluding hydrogens is 272 g/mol. The highest BCUT2D eigenvalue weighted by atomic mass is 16.2. The van der Waals surface area contributed by atoms with Gasteiger partial charge in [-0.2, -0.15) is 0 Å². The summed E-state index contributed by atoms with van der Waals surface area (Å²) in [7, 11) is 0. The molecule has 110 valence electrons. The van der Waals surface area contributed by atoms with Crippen LogP contribution in [0, 0.1) is 5.41 Å². The van der Waals surface area contributed by atoms with Crippen molar-refractivity contribution in [1.82, 2.24) is 0 Å². The minimum atomic E-state index is -0.989. The van der Waals surface area contributed by atoms with Gasteiger partial charge in [-0.25, -0.2) is 0 Å². The lowest BCUT2D eigenvalue weighted by Gasteiger charge is -2.21. The Morgan fingerprint density at radius 2 is 1.36 bits per heavy atom. The van der Waals surface area contributed by atoms with Gasteiger partial charge in [0.05, 0.1) is 5.41 Å². The first kappa shape index (κ1) is 14.5. The summed E-state index contributed by atoms with van der Waals surface area (Å²) in [5.74, 6) is -0.120. The first-order valence-electron chi connectivity index (χ1n) is 7.44.